The maximum absolute atomic E-state index is 12.1. The van der Waals surface area contributed by atoms with Gasteiger partial charge in [0.25, 0.3) is 0 Å². The van der Waals surface area contributed by atoms with Crippen LogP contribution in [0.25, 0.3) is 0 Å². The Morgan fingerprint density at radius 1 is 1.19 bits per heavy atom. The number of carboxylic acids is 1. The van der Waals surface area contributed by atoms with Crippen LogP contribution in [0.15, 0.2) is 30.3 Å². The summed E-state index contributed by atoms with van der Waals surface area (Å²) >= 11 is 0. The number of carbonyl (C=O) groups is 2. The molecule has 1 aromatic rings. The summed E-state index contributed by atoms with van der Waals surface area (Å²) in [6.07, 6.45) is -0.452. The van der Waals surface area contributed by atoms with Gasteiger partial charge in [0.1, 0.15) is 5.60 Å². The second kappa shape index (κ2) is 5.76. The Bertz CT molecular complexity index is 521. The van der Waals surface area contributed by atoms with E-state index in [-0.39, 0.29) is 12.5 Å². The molecule has 0 aromatic heterocycles. The van der Waals surface area contributed by atoms with E-state index in [1.807, 2.05) is 30.3 Å². The monoisotopic (exact) mass is 291 g/mol. The molecular weight excluding hydrogens is 270 g/mol. The molecule has 0 spiro atoms. The van der Waals surface area contributed by atoms with Gasteiger partial charge in [-0.15, -0.1) is 0 Å². The zero-order valence-corrected chi connectivity index (χ0v) is 12.6. The lowest BCUT2D eigenvalue weighted by molar-refractivity contribution is -0.141. The molecule has 2 atom stereocenters. The van der Waals surface area contributed by atoms with E-state index in [9.17, 15) is 14.7 Å². The average Bonchev–Trinajstić information content (AvgIpc) is 2.83. The molecule has 1 heterocycles. The van der Waals surface area contributed by atoms with Gasteiger partial charge in [-0.25, -0.2) is 4.79 Å². The van der Waals surface area contributed by atoms with E-state index in [2.05, 4.69) is 0 Å². The maximum atomic E-state index is 12.1. The molecule has 1 amide bonds. The Balaban J connectivity index is 2.16. The Labute approximate surface area is 124 Å². The highest BCUT2D eigenvalue weighted by molar-refractivity contribution is 5.75. The molecule has 5 heteroatoms. The van der Waals surface area contributed by atoms with Gasteiger partial charge < -0.3 is 14.7 Å². The Kier molecular flexibility index (Phi) is 4.21. The topological polar surface area (TPSA) is 66.8 Å². The van der Waals surface area contributed by atoms with Crippen LogP contribution >= 0.6 is 0 Å². The summed E-state index contributed by atoms with van der Waals surface area (Å²) in [7, 11) is 0. The van der Waals surface area contributed by atoms with Gasteiger partial charge in [0, 0.05) is 19.0 Å². The Morgan fingerprint density at radius 3 is 2.33 bits per heavy atom. The largest absolute Gasteiger partial charge is 0.481 e. The SMILES string of the molecule is CC(C)(C)OC(=O)N1CC(C(=O)O)C(c2ccccc2)C1. The fraction of sp³-hybridized carbons (Fsp3) is 0.500. The first kappa shape index (κ1) is 15.4. The number of benzene rings is 1. The summed E-state index contributed by atoms with van der Waals surface area (Å²) in [5.41, 5.74) is 0.358. The minimum atomic E-state index is -0.880. The van der Waals surface area contributed by atoms with E-state index in [0.29, 0.717) is 6.54 Å². The van der Waals surface area contributed by atoms with E-state index >= 15 is 0 Å². The molecular formula is C16H21NO4. The summed E-state index contributed by atoms with van der Waals surface area (Å²) < 4.78 is 5.33. The highest BCUT2D eigenvalue weighted by atomic mass is 16.6. The maximum Gasteiger partial charge on any atom is 0.410 e. The molecule has 0 radical (unpaired) electrons. The van der Waals surface area contributed by atoms with Gasteiger partial charge in [-0.3, -0.25) is 4.79 Å². The summed E-state index contributed by atoms with van der Waals surface area (Å²) in [5.74, 6) is -1.67. The number of ether oxygens (including phenoxy) is 1. The minimum absolute atomic E-state index is 0.184. The van der Waals surface area contributed by atoms with Crippen LogP contribution in [0.2, 0.25) is 0 Å². The number of amides is 1. The molecule has 1 aromatic carbocycles. The van der Waals surface area contributed by atoms with Gasteiger partial charge >= 0.3 is 12.1 Å². The summed E-state index contributed by atoms with van der Waals surface area (Å²) in [5, 5.41) is 9.40. The van der Waals surface area contributed by atoms with E-state index in [4.69, 9.17) is 4.74 Å². The molecule has 21 heavy (non-hydrogen) atoms. The lowest BCUT2D eigenvalue weighted by atomic mass is 9.89. The molecule has 5 nitrogen and oxygen atoms in total. The van der Waals surface area contributed by atoms with Crippen molar-refractivity contribution in [3.63, 3.8) is 0 Å². The third kappa shape index (κ3) is 3.74. The molecule has 114 valence electrons. The molecule has 1 fully saturated rings. The molecule has 2 rings (SSSR count). The number of aliphatic carboxylic acids is 1. The summed E-state index contributed by atoms with van der Waals surface area (Å²) in [6, 6.07) is 9.45. The van der Waals surface area contributed by atoms with Crippen LogP contribution < -0.4 is 0 Å². The first-order chi connectivity index (χ1) is 9.78. The average molecular weight is 291 g/mol. The van der Waals surface area contributed by atoms with Crippen molar-refractivity contribution < 1.29 is 19.4 Å². The zero-order chi connectivity index (χ0) is 15.6. The van der Waals surface area contributed by atoms with Crippen LogP contribution in [-0.2, 0) is 9.53 Å². The van der Waals surface area contributed by atoms with Crippen LogP contribution in [0.3, 0.4) is 0 Å². The van der Waals surface area contributed by atoms with Crippen molar-refractivity contribution in [1.82, 2.24) is 4.90 Å². The van der Waals surface area contributed by atoms with Crippen molar-refractivity contribution in [1.29, 1.82) is 0 Å². The highest BCUT2D eigenvalue weighted by Crippen LogP contribution is 2.33. The standard InChI is InChI=1S/C16H21NO4/c1-16(2,3)21-15(20)17-9-12(13(10-17)14(18)19)11-7-5-4-6-8-11/h4-8,12-13H,9-10H2,1-3H3,(H,18,19). The molecule has 0 aliphatic carbocycles. The van der Waals surface area contributed by atoms with E-state index in [1.165, 1.54) is 4.90 Å². The third-order valence-corrected chi connectivity index (χ3v) is 3.52. The van der Waals surface area contributed by atoms with Gasteiger partial charge in [-0.05, 0) is 26.3 Å². The molecule has 1 saturated heterocycles. The number of nitrogens with zero attached hydrogens (tertiary/aromatic N) is 1. The van der Waals surface area contributed by atoms with Gasteiger partial charge in [-0.1, -0.05) is 30.3 Å². The predicted molar refractivity (Wildman–Crippen MR) is 78.1 cm³/mol. The van der Waals surface area contributed by atoms with Crippen LogP contribution in [-0.4, -0.2) is 40.8 Å². The van der Waals surface area contributed by atoms with Crippen LogP contribution in [0.1, 0.15) is 32.3 Å². The van der Waals surface area contributed by atoms with E-state index in [1.54, 1.807) is 20.8 Å². The van der Waals surface area contributed by atoms with Crippen molar-refractivity contribution >= 4 is 12.1 Å². The zero-order valence-electron chi connectivity index (χ0n) is 12.6. The van der Waals surface area contributed by atoms with Crippen LogP contribution in [0, 0.1) is 5.92 Å². The summed E-state index contributed by atoms with van der Waals surface area (Å²) in [4.78, 5) is 25.1. The lowest BCUT2D eigenvalue weighted by Gasteiger charge is -2.24. The van der Waals surface area contributed by atoms with Crippen molar-refractivity contribution in [2.75, 3.05) is 13.1 Å². The number of hydrogen-bond donors (Lipinski definition) is 1. The fourth-order valence-electron chi connectivity index (χ4n) is 2.57. The highest BCUT2D eigenvalue weighted by Gasteiger charge is 2.41. The lowest BCUT2D eigenvalue weighted by Crippen LogP contribution is -2.35. The van der Waals surface area contributed by atoms with Gasteiger partial charge in [0.2, 0.25) is 0 Å². The molecule has 0 saturated carbocycles. The molecule has 2 unspecified atom stereocenters. The first-order valence-electron chi connectivity index (χ1n) is 7.03. The first-order valence-corrected chi connectivity index (χ1v) is 7.03. The Hall–Kier alpha value is -2.04. The third-order valence-electron chi connectivity index (χ3n) is 3.52. The second-order valence-electron chi connectivity index (χ2n) is 6.35. The van der Waals surface area contributed by atoms with Gasteiger partial charge in [-0.2, -0.15) is 0 Å². The Morgan fingerprint density at radius 2 is 1.81 bits per heavy atom. The minimum Gasteiger partial charge on any atom is -0.481 e. The van der Waals surface area contributed by atoms with E-state index < -0.39 is 23.6 Å². The van der Waals surface area contributed by atoms with Crippen LogP contribution in [0.5, 0.6) is 0 Å². The molecule has 1 N–H and O–H groups in total. The molecule has 1 aliphatic rings. The summed E-state index contributed by atoms with van der Waals surface area (Å²) in [6.45, 7) is 5.94. The van der Waals surface area contributed by atoms with Crippen molar-refractivity contribution in [3.8, 4) is 0 Å². The van der Waals surface area contributed by atoms with Crippen molar-refractivity contribution in [2.45, 2.75) is 32.3 Å². The van der Waals surface area contributed by atoms with Crippen molar-refractivity contribution in [3.05, 3.63) is 35.9 Å². The smallest absolute Gasteiger partial charge is 0.410 e. The number of hydrogen-bond acceptors (Lipinski definition) is 3. The number of carboxylic acid groups (broad SMARTS) is 1. The van der Waals surface area contributed by atoms with Gasteiger partial charge in [0.15, 0.2) is 0 Å². The van der Waals surface area contributed by atoms with Crippen LogP contribution in [0.4, 0.5) is 4.79 Å². The number of carbonyl (C=O) groups excluding carboxylic acids is 1. The van der Waals surface area contributed by atoms with Gasteiger partial charge in [0.05, 0.1) is 5.92 Å². The normalized spacial score (nSPS) is 22.1. The second-order valence-corrected chi connectivity index (χ2v) is 6.35. The number of rotatable bonds is 2. The molecule has 0 bridgehead atoms. The van der Waals surface area contributed by atoms with E-state index in [0.717, 1.165) is 5.56 Å². The number of likely N-dealkylation sites (tertiary alicyclic amines) is 1. The molecule has 1 aliphatic heterocycles. The fourth-order valence-corrected chi connectivity index (χ4v) is 2.57. The van der Waals surface area contributed by atoms with Crippen molar-refractivity contribution in [2.24, 2.45) is 5.92 Å². The quantitative estimate of drug-likeness (QED) is 0.909. The predicted octanol–water partition coefficient (Wildman–Crippen LogP) is 2.72.